The fourth-order valence-electron chi connectivity index (χ4n) is 2.43. The van der Waals surface area contributed by atoms with E-state index in [4.69, 9.17) is 0 Å². The SMILES string of the molecule is CCCNC(c1cscc1Br)C1CCS(=O)(=O)C1. The largest absolute Gasteiger partial charge is 0.310 e. The summed E-state index contributed by atoms with van der Waals surface area (Å²) in [6.07, 6.45) is 1.82. The van der Waals surface area contributed by atoms with E-state index in [1.54, 1.807) is 11.3 Å². The van der Waals surface area contributed by atoms with Crippen LogP contribution in [0.4, 0.5) is 0 Å². The van der Waals surface area contributed by atoms with Crippen molar-refractivity contribution in [3.8, 4) is 0 Å². The minimum Gasteiger partial charge on any atom is -0.310 e. The van der Waals surface area contributed by atoms with E-state index < -0.39 is 9.84 Å². The molecular formula is C12H18BrNO2S2. The molecule has 0 aromatic carbocycles. The lowest BCUT2D eigenvalue weighted by atomic mass is 9.94. The second-order valence-corrected chi connectivity index (χ2v) is 8.60. The molecule has 1 aliphatic rings. The van der Waals surface area contributed by atoms with E-state index in [9.17, 15) is 8.42 Å². The molecule has 1 aromatic rings. The summed E-state index contributed by atoms with van der Waals surface area (Å²) in [6.45, 7) is 3.04. The van der Waals surface area contributed by atoms with Gasteiger partial charge in [0.1, 0.15) is 0 Å². The predicted octanol–water partition coefficient (Wildman–Crippen LogP) is 2.99. The van der Waals surface area contributed by atoms with Gasteiger partial charge >= 0.3 is 0 Å². The number of sulfone groups is 1. The third-order valence-corrected chi connectivity index (χ3v) is 6.88. The molecule has 2 heterocycles. The summed E-state index contributed by atoms with van der Waals surface area (Å²) in [5, 5.41) is 7.67. The van der Waals surface area contributed by atoms with Gasteiger partial charge in [0.15, 0.2) is 9.84 Å². The van der Waals surface area contributed by atoms with Gasteiger partial charge in [-0.25, -0.2) is 8.42 Å². The first-order valence-corrected chi connectivity index (χ1v) is 9.74. The average molecular weight is 352 g/mol. The normalized spacial score (nSPS) is 24.2. The van der Waals surface area contributed by atoms with Crippen molar-refractivity contribution < 1.29 is 8.42 Å². The highest BCUT2D eigenvalue weighted by Gasteiger charge is 2.35. The van der Waals surface area contributed by atoms with E-state index >= 15 is 0 Å². The van der Waals surface area contributed by atoms with Crippen LogP contribution in [0.15, 0.2) is 15.2 Å². The van der Waals surface area contributed by atoms with Crippen molar-refractivity contribution in [2.75, 3.05) is 18.1 Å². The van der Waals surface area contributed by atoms with Crippen molar-refractivity contribution >= 4 is 37.1 Å². The molecule has 1 N–H and O–H groups in total. The Morgan fingerprint density at radius 2 is 2.33 bits per heavy atom. The molecule has 0 aliphatic carbocycles. The van der Waals surface area contributed by atoms with Gasteiger partial charge in [0.2, 0.25) is 0 Å². The standard InChI is InChI=1S/C12H18BrNO2S2/c1-2-4-14-12(10-6-17-7-11(10)13)9-3-5-18(15,16)8-9/h6-7,9,12,14H,2-5,8H2,1H3. The van der Waals surface area contributed by atoms with Crippen molar-refractivity contribution in [3.63, 3.8) is 0 Å². The minimum absolute atomic E-state index is 0.155. The second kappa shape index (κ2) is 6.03. The maximum atomic E-state index is 11.6. The summed E-state index contributed by atoms with van der Waals surface area (Å²) >= 11 is 5.21. The Labute approximate surface area is 121 Å². The molecule has 0 spiro atoms. The summed E-state index contributed by atoms with van der Waals surface area (Å²) in [5.41, 5.74) is 1.20. The summed E-state index contributed by atoms with van der Waals surface area (Å²) in [7, 11) is -2.82. The molecule has 18 heavy (non-hydrogen) atoms. The van der Waals surface area contributed by atoms with Gasteiger partial charge in [-0.15, -0.1) is 0 Å². The van der Waals surface area contributed by atoms with Gasteiger partial charge < -0.3 is 5.32 Å². The highest BCUT2D eigenvalue weighted by atomic mass is 79.9. The summed E-state index contributed by atoms with van der Waals surface area (Å²) in [6, 6.07) is 0.155. The van der Waals surface area contributed by atoms with Crippen LogP contribution in [0.1, 0.15) is 31.4 Å². The van der Waals surface area contributed by atoms with E-state index in [0.717, 1.165) is 23.9 Å². The van der Waals surface area contributed by atoms with Gasteiger partial charge in [-0.3, -0.25) is 0 Å². The Hall–Kier alpha value is 0.0900. The Morgan fingerprint density at radius 3 is 2.83 bits per heavy atom. The molecule has 2 unspecified atom stereocenters. The molecule has 0 bridgehead atoms. The summed E-state index contributed by atoms with van der Waals surface area (Å²) < 4.78 is 24.4. The molecule has 1 saturated heterocycles. The van der Waals surface area contributed by atoms with Gasteiger partial charge in [-0.05, 0) is 52.2 Å². The van der Waals surface area contributed by atoms with Crippen molar-refractivity contribution in [2.45, 2.75) is 25.8 Å². The van der Waals surface area contributed by atoms with Crippen LogP contribution in [-0.4, -0.2) is 26.5 Å². The number of hydrogen-bond acceptors (Lipinski definition) is 4. The van der Waals surface area contributed by atoms with Crippen LogP contribution in [0.5, 0.6) is 0 Å². The molecule has 0 amide bonds. The first-order chi connectivity index (χ1) is 8.53. The van der Waals surface area contributed by atoms with Crippen LogP contribution in [-0.2, 0) is 9.84 Å². The van der Waals surface area contributed by atoms with Crippen molar-refractivity contribution in [1.82, 2.24) is 5.32 Å². The number of halogens is 1. The fraction of sp³-hybridized carbons (Fsp3) is 0.667. The van der Waals surface area contributed by atoms with Crippen LogP contribution in [0.2, 0.25) is 0 Å². The van der Waals surface area contributed by atoms with Crippen LogP contribution >= 0.6 is 27.3 Å². The van der Waals surface area contributed by atoms with Gasteiger partial charge in [-0.2, -0.15) is 11.3 Å². The molecule has 0 saturated carbocycles. The maximum Gasteiger partial charge on any atom is 0.150 e. The first-order valence-electron chi connectivity index (χ1n) is 6.19. The number of thiophene rings is 1. The second-order valence-electron chi connectivity index (χ2n) is 4.77. The van der Waals surface area contributed by atoms with E-state index in [2.05, 4.69) is 38.9 Å². The van der Waals surface area contributed by atoms with E-state index in [0.29, 0.717) is 11.5 Å². The molecule has 2 atom stereocenters. The topological polar surface area (TPSA) is 46.2 Å². The molecule has 2 rings (SSSR count). The Bertz CT molecular complexity index is 498. The lowest BCUT2D eigenvalue weighted by Crippen LogP contribution is -2.29. The predicted molar refractivity (Wildman–Crippen MR) is 79.8 cm³/mol. The van der Waals surface area contributed by atoms with Gasteiger partial charge in [-0.1, -0.05) is 6.92 Å². The number of nitrogens with one attached hydrogen (secondary N) is 1. The highest BCUT2D eigenvalue weighted by Crippen LogP contribution is 2.36. The van der Waals surface area contributed by atoms with E-state index in [-0.39, 0.29) is 12.0 Å². The van der Waals surface area contributed by atoms with Gasteiger partial charge in [0.05, 0.1) is 11.5 Å². The summed E-state index contributed by atoms with van der Waals surface area (Å²) in [4.78, 5) is 0. The maximum absolute atomic E-state index is 11.6. The molecule has 1 aliphatic heterocycles. The smallest absolute Gasteiger partial charge is 0.150 e. The molecule has 1 aromatic heterocycles. The Morgan fingerprint density at radius 1 is 1.56 bits per heavy atom. The number of rotatable bonds is 5. The lowest BCUT2D eigenvalue weighted by Gasteiger charge is -2.24. The van der Waals surface area contributed by atoms with Crippen LogP contribution in [0.3, 0.4) is 0 Å². The monoisotopic (exact) mass is 351 g/mol. The first kappa shape index (κ1) is 14.5. The molecule has 102 valence electrons. The molecule has 0 radical (unpaired) electrons. The van der Waals surface area contributed by atoms with Gasteiger partial charge in [0.25, 0.3) is 0 Å². The number of hydrogen-bond donors (Lipinski definition) is 1. The zero-order chi connectivity index (χ0) is 13.2. The quantitative estimate of drug-likeness (QED) is 0.886. The Kier molecular flexibility index (Phi) is 4.86. The van der Waals surface area contributed by atoms with E-state index in [1.807, 2.05) is 0 Å². The van der Waals surface area contributed by atoms with Crippen molar-refractivity contribution in [1.29, 1.82) is 0 Å². The van der Waals surface area contributed by atoms with Crippen molar-refractivity contribution in [2.24, 2.45) is 5.92 Å². The van der Waals surface area contributed by atoms with Crippen LogP contribution in [0, 0.1) is 5.92 Å². The van der Waals surface area contributed by atoms with E-state index in [1.165, 1.54) is 5.56 Å². The molecule has 1 fully saturated rings. The molecular weight excluding hydrogens is 334 g/mol. The Balaban J connectivity index is 2.18. The highest BCUT2D eigenvalue weighted by molar-refractivity contribution is 9.10. The average Bonchev–Trinajstić information content (AvgIpc) is 2.87. The summed E-state index contributed by atoms with van der Waals surface area (Å²) in [5.74, 6) is 0.855. The van der Waals surface area contributed by atoms with Crippen molar-refractivity contribution in [3.05, 3.63) is 20.8 Å². The van der Waals surface area contributed by atoms with Crippen LogP contribution < -0.4 is 5.32 Å². The molecule has 6 heteroatoms. The molecule has 3 nitrogen and oxygen atoms in total. The third kappa shape index (κ3) is 3.35. The zero-order valence-corrected chi connectivity index (χ0v) is 13.6. The van der Waals surface area contributed by atoms with Gasteiger partial charge in [0, 0.05) is 15.9 Å². The minimum atomic E-state index is -2.82. The van der Waals surface area contributed by atoms with Crippen LogP contribution in [0.25, 0.3) is 0 Å². The lowest BCUT2D eigenvalue weighted by molar-refractivity contribution is 0.392. The third-order valence-electron chi connectivity index (χ3n) is 3.33. The zero-order valence-electron chi connectivity index (χ0n) is 10.4. The fourth-order valence-corrected chi connectivity index (χ4v) is 5.85.